The van der Waals surface area contributed by atoms with Gasteiger partial charge in [-0.3, -0.25) is 4.79 Å². The summed E-state index contributed by atoms with van der Waals surface area (Å²) in [5, 5.41) is 9.14. The number of aliphatic hydroxyl groups is 1. The number of Topliss-reactive ketones (excluding diaryl/α,β-unsaturated/α-hetero) is 1. The quantitative estimate of drug-likeness (QED) is 0.476. The van der Waals surface area contributed by atoms with Crippen molar-refractivity contribution in [1.29, 1.82) is 0 Å². The molecule has 56 valence electrons. The van der Waals surface area contributed by atoms with Crippen molar-refractivity contribution in [2.24, 2.45) is 0 Å². The molecule has 2 fully saturated rings. The van der Waals surface area contributed by atoms with Crippen LogP contribution in [0.1, 0.15) is 6.42 Å². The maximum atomic E-state index is 10.9. The fourth-order valence-electron chi connectivity index (χ4n) is 1.22. The zero-order valence-corrected chi connectivity index (χ0v) is 5.32. The molecule has 2 bridgehead atoms. The fourth-order valence-corrected chi connectivity index (χ4v) is 1.22. The topological polar surface area (TPSA) is 55.8 Å². The van der Waals surface area contributed by atoms with Crippen molar-refractivity contribution in [3.05, 3.63) is 0 Å². The van der Waals surface area contributed by atoms with Crippen molar-refractivity contribution < 1.29 is 19.4 Å². The Morgan fingerprint density at radius 3 is 3.20 bits per heavy atom. The van der Waals surface area contributed by atoms with E-state index < -0.39 is 12.4 Å². The Morgan fingerprint density at radius 2 is 2.40 bits per heavy atom. The maximum Gasteiger partial charge on any atom is 0.218 e. The lowest BCUT2D eigenvalue weighted by molar-refractivity contribution is -0.162. The summed E-state index contributed by atoms with van der Waals surface area (Å²) in [5.74, 6) is -0.152. The van der Waals surface area contributed by atoms with Gasteiger partial charge < -0.3 is 14.6 Å². The van der Waals surface area contributed by atoms with Crippen LogP contribution < -0.4 is 0 Å². The summed E-state index contributed by atoms with van der Waals surface area (Å²) < 4.78 is 9.93. The summed E-state index contributed by atoms with van der Waals surface area (Å²) >= 11 is 0. The molecular formula is C6H8O4. The Morgan fingerprint density at radius 1 is 1.60 bits per heavy atom. The molecule has 0 saturated carbocycles. The van der Waals surface area contributed by atoms with Crippen LogP contribution in [0.2, 0.25) is 0 Å². The van der Waals surface area contributed by atoms with Gasteiger partial charge in [-0.05, 0) is 0 Å². The summed E-state index contributed by atoms with van der Waals surface area (Å²) in [7, 11) is 0. The number of hydrogen-bond acceptors (Lipinski definition) is 4. The molecule has 2 unspecified atom stereocenters. The van der Waals surface area contributed by atoms with Crippen LogP contribution in [0.15, 0.2) is 0 Å². The molecule has 2 aliphatic heterocycles. The van der Waals surface area contributed by atoms with Gasteiger partial charge in [-0.15, -0.1) is 0 Å². The van der Waals surface area contributed by atoms with E-state index in [0.29, 0.717) is 6.61 Å². The van der Waals surface area contributed by atoms with E-state index in [1.165, 1.54) is 0 Å². The van der Waals surface area contributed by atoms with Crippen LogP contribution >= 0.6 is 0 Å². The third-order valence-corrected chi connectivity index (χ3v) is 1.81. The maximum absolute atomic E-state index is 10.9. The largest absolute Gasteiger partial charge is 0.390 e. The van der Waals surface area contributed by atoms with Crippen LogP contribution in [0.4, 0.5) is 0 Å². The van der Waals surface area contributed by atoms with Crippen LogP contribution in [0.3, 0.4) is 0 Å². The van der Waals surface area contributed by atoms with Gasteiger partial charge in [0, 0.05) is 6.42 Å². The molecule has 0 radical (unpaired) electrons. The van der Waals surface area contributed by atoms with Gasteiger partial charge in [0.05, 0.1) is 12.7 Å². The van der Waals surface area contributed by atoms with E-state index in [2.05, 4.69) is 0 Å². The molecule has 3 atom stereocenters. The average molecular weight is 144 g/mol. The highest BCUT2D eigenvalue weighted by Crippen LogP contribution is 2.24. The first-order chi connectivity index (χ1) is 4.77. The fraction of sp³-hybridized carbons (Fsp3) is 0.833. The molecule has 0 amide bonds. The number of rotatable bonds is 0. The summed E-state index contributed by atoms with van der Waals surface area (Å²) in [4.78, 5) is 10.9. The van der Waals surface area contributed by atoms with Crippen molar-refractivity contribution in [3.63, 3.8) is 0 Å². The predicted octanol–water partition coefficient (Wildman–Crippen LogP) is -0.938. The number of ether oxygens (including phenoxy) is 2. The molecule has 0 aliphatic carbocycles. The minimum Gasteiger partial charge on any atom is -0.390 e. The molecule has 0 aromatic carbocycles. The van der Waals surface area contributed by atoms with Gasteiger partial charge in [0.25, 0.3) is 0 Å². The van der Waals surface area contributed by atoms with E-state index in [-0.39, 0.29) is 18.3 Å². The van der Waals surface area contributed by atoms with Gasteiger partial charge >= 0.3 is 0 Å². The zero-order chi connectivity index (χ0) is 7.14. The highest BCUT2D eigenvalue weighted by atomic mass is 16.7. The van der Waals surface area contributed by atoms with E-state index in [0.717, 1.165) is 0 Å². The summed E-state index contributed by atoms with van der Waals surface area (Å²) in [6, 6.07) is 0. The molecule has 0 aromatic rings. The van der Waals surface area contributed by atoms with Gasteiger partial charge in [-0.2, -0.15) is 0 Å². The monoisotopic (exact) mass is 144 g/mol. The molecule has 4 heteroatoms. The Bertz CT molecular complexity index is 167. The second kappa shape index (κ2) is 2.02. The smallest absolute Gasteiger partial charge is 0.218 e. The van der Waals surface area contributed by atoms with Gasteiger partial charge in [0.15, 0.2) is 5.78 Å². The summed E-state index contributed by atoms with van der Waals surface area (Å²) in [6.07, 6.45) is -1.45. The first-order valence-corrected chi connectivity index (χ1v) is 3.25. The van der Waals surface area contributed by atoms with Crippen LogP contribution in [-0.2, 0) is 14.3 Å². The number of carbonyl (C=O) groups excluding carboxylic acids is 1. The van der Waals surface area contributed by atoms with Gasteiger partial charge in [0.1, 0.15) is 6.10 Å². The van der Waals surface area contributed by atoms with Crippen LogP contribution in [0.25, 0.3) is 0 Å². The van der Waals surface area contributed by atoms with E-state index in [9.17, 15) is 4.79 Å². The summed E-state index contributed by atoms with van der Waals surface area (Å²) in [6.45, 7) is 0.345. The van der Waals surface area contributed by atoms with E-state index in [1.54, 1.807) is 0 Å². The molecule has 4 nitrogen and oxygen atoms in total. The Labute approximate surface area is 57.7 Å². The van der Waals surface area contributed by atoms with Crippen LogP contribution in [0.5, 0.6) is 0 Å². The minimum absolute atomic E-state index is 0.152. The predicted molar refractivity (Wildman–Crippen MR) is 30.2 cm³/mol. The van der Waals surface area contributed by atoms with E-state index in [1.807, 2.05) is 0 Å². The molecule has 2 heterocycles. The normalized spacial score (nSPS) is 46.1. The third kappa shape index (κ3) is 0.767. The van der Waals surface area contributed by atoms with Crippen molar-refractivity contribution >= 4 is 5.78 Å². The van der Waals surface area contributed by atoms with Crippen molar-refractivity contribution in [3.8, 4) is 0 Å². The Kier molecular flexibility index (Phi) is 1.26. The average Bonchev–Trinajstić information content (AvgIpc) is 2.28. The molecule has 0 aromatic heterocycles. The highest BCUT2D eigenvalue weighted by Gasteiger charge is 2.42. The second-order valence-electron chi connectivity index (χ2n) is 2.58. The number of ketones is 1. The molecule has 2 aliphatic rings. The lowest BCUT2D eigenvalue weighted by Crippen LogP contribution is -2.38. The molecule has 10 heavy (non-hydrogen) atoms. The standard InChI is InChI=1S/C6H8O4/c7-3-1-4(8)6-9-2-5(3)10-6/h3,5-7H,1-2H2/t3-,5?,6?/m1/s1. The van der Waals surface area contributed by atoms with E-state index in [4.69, 9.17) is 14.6 Å². The Balaban J connectivity index is 2.16. The minimum atomic E-state index is -0.687. The molecular weight excluding hydrogens is 136 g/mol. The number of hydrogen-bond donors (Lipinski definition) is 1. The van der Waals surface area contributed by atoms with Crippen molar-refractivity contribution in [2.45, 2.75) is 24.9 Å². The molecule has 0 spiro atoms. The lowest BCUT2D eigenvalue weighted by Gasteiger charge is -2.21. The molecule has 1 N–H and O–H groups in total. The second-order valence-corrected chi connectivity index (χ2v) is 2.58. The van der Waals surface area contributed by atoms with Gasteiger partial charge in [-0.25, -0.2) is 0 Å². The Hall–Kier alpha value is -0.450. The molecule has 2 saturated heterocycles. The number of aliphatic hydroxyl groups excluding tert-OH is 1. The third-order valence-electron chi connectivity index (χ3n) is 1.81. The first kappa shape index (κ1) is 6.27. The van der Waals surface area contributed by atoms with Crippen LogP contribution in [-0.4, -0.2) is 36.0 Å². The highest BCUT2D eigenvalue weighted by molar-refractivity contribution is 5.83. The SMILES string of the molecule is O=C1C[C@@H](O)C2COC1O2. The van der Waals surface area contributed by atoms with Gasteiger partial charge in [0.2, 0.25) is 6.29 Å². The number of carbonyl (C=O) groups is 1. The first-order valence-electron chi connectivity index (χ1n) is 3.25. The van der Waals surface area contributed by atoms with Crippen molar-refractivity contribution in [2.75, 3.05) is 6.61 Å². The molecule has 2 rings (SSSR count). The van der Waals surface area contributed by atoms with Gasteiger partial charge in [-0.1, -0.05) is 0 Å². The van der Waals surface area contributed by atoms with E-state index >= 15 is 0 Å². The summed E-state index contributed by atoms with van der Waals surface area (Å²) in [5.41, 5.74) is 0. The van der Waals surface area contributed by atoms with Crippen molar-refractivity contribution in [1.82, 2.24) is 0 Å². The number of fused-ring (bicyclic) bond motifs is 2. The zero-order valence-electron chi connectivity index (χ0n) is 5.32. The van der Waals surface area contributed by atoms with Crippen LogP contribution in [0, 0.1) is 0 Å². The lowest BCUT2D eigenvalue weighted by atomic mass is 10.1.